The molecule has 0 saturated carbocycles. The lowest BCUT2D eigenvalue weighted by Gasteiger charge is -2.15. The number of nitrogens with zero attached hydrogens (tertiary/aromatic N) is 1. The van der Waals surface area contributed by atoms with Crippen LogP contribution in [0.15, 0.2) is 30.3 Å². The van der Waals surface area contributed by atoms with E-state index in [1.165, 1.54) is 0 Å². The number of para-hydroxylation sites is 1. The standard InChI is InChI=1S/C19H24N2O2/c1-5-6-11-23-17-12-14(3)20-15(4)18(17)19(22)21-16-10-8-7-9-13(16)2/h7-10,12H,5-6,11H2,1-4H3,(H,21,22). The molecule has 0 fully saturated rings. The molecule has 0 bridgehead atoms. The zero-order chi connectivity index (χ0) is 16.8. The number of nitrogens with one attached hydrogen (secondary N) is 1. The summed E-state index contributed by atoms with van der Waals surface area (Å²) in [5, 5.41) is 2.96. The number of aromatic nitrogens is 1. The monoisotopic (exact) mass is 312 g/mol. The second kappa shape index (κ2) is 7.77. The van der Waals surface area contributed by atoms with E-state index in [1.807, 2.05) is 51.1 Å². The number of benzene rings is 1. The Morgan fingerprint density at radius 1 is 1.22 bits per heavy atom. The molecule has 1 heterocycles. The van der Waals surface area contributed by atoms with Gasteiger partial charge in [0.2, 0.25) is 0 Å². The van der Waals surface area contributed by atoms with E-state index < -0.39 is 0 Å². The van der Waals surface area contributed by atoms with Crippen LogP contribution in [0, 0.1) is 20.8 Å². The molecule has 0 aliphatic carbocycles. The highest BCUT2D eigenvalue weighted by Gasteiger charge is 2.18. The summed E-state index contributed by atoms with van der Waals surface area (Å²) >= 11 is 0. The summed E-state index contributed by atoms with van der Waals surface area (Å²) in [6.45, 7) is 8.42. The first-order valence-electron chi connectivity index (χ1n) is 8.01. The maximum absolute atomic E-state index is 12.7. The molecule has 1 aromatic carbocycles. The first-order chi connectivity index (χ1) is 11.0. The summed E-state index contributed by atoms with van der Waals surface area (Å²) in [5.41, 5.74) is 3.86. The van der Waals surface area contributed by atoms with Crippen LogP contribution in [-0.2, 0) is 0 Å². The average Bonchev–Trinajstić information content (AvgIpc) is 2.49. The number of rotatable bonds is 6. The Bertz CT molecular complexity index is 696. The second-order valence-electron chi connectivity index (χ2n) is 5.69. The van der Waals surface area contributed by atoms with Gasteiger partial charge in [0, 0.05) is 17.4 Å². The summed E-state index contributed by atoms with van der Waals surface area (Å²) < 4.78 is 5.83. The van der Waals surface area contributed by atoms with Gasteiger partial charge < -0.3 is 10.1 Å². The van der Waals surface area contributed by atoms with Gasteiger partial charge in [-0.3, -0.25) is 9.78 Å². The van der Waals surface area contributed by atoms with E-state index in [1.54, 1.807) is 0 Å². The lowest BCUT2D eigenvalue weighted by molar-refractivity contribution is 0.102. The van der Waals surface area contributed by atoms with E-state index in [0.29, 0.717) is 23.6 Å². The van der Waals surface area contributed by atoms with E-state index in [2.05, 4.69) is 17.2 Å². The van der Waals surface area contributed by atoms with E-state index >= 15 is 0 Å². The van der Waals surface area contributed by atoms with Gasteiger partial charge in [-0.25, -0.2) is 0 Å². The Kier molecular flexibility index (Phi) is 5.74. The van der Waals surface area contributed by atoms with Gasteiger partial charge in [0.05, 0.1) is 12.3 Å². The molecule has 0 saturated heterocycles. The van der Waals surface area contributed by atoms with E-state index in [-0.39, 0.29) is 5.91 Å². The molecule has 23 heavy (non-hydrogen) atoms. The number of hydrogen-bond donors (Lipinski definition) is 1. The summed E-state index contributed by atoms with van der Waals surface area (Å²) in [4.78, 5) is 17.1. The Hall–Kier alpha value is -2.36. The first kappa shape index (κ1) is 17.0. The van der Waals surface area contributed by atoms with Crippen molar-refractivity contribution in [3.8, 4) is 5.75 Å². The van der Waals surface area contributed by atoms with Crippen LogP contribution in [0.5, 0.6) is 5.75 Å². The smallest absolute Gasteiger partial charge is 0.261 e. The minimum Gasteiger partial charge on any atom is -0.493 e. The third-order valence-corrected chi connectivity index (χ3v) is 3.67. The number of ether oxygens (including phenoxy) is 1. The molecule has 1 aromatic heterocycles. The molecular weight excluding hydrogens is 288 g/mol. The van der Waals surface area contributed by atoms with Crippen LogP contribution in [-0.4, -0.2) is 17.5 Å². The van der Waals surface area contributed by atoms with Crippen LogP contribution >= 0.6 is 0 Å². The predicted molar refractivity (Wildman–Crippen MR) is 93.2 cm³/mol. The molecule has 0 aliphatic rings. The van der Waals surface area contributed by atoms with Gasteiger partial charge in [-0.15, -0.1) is 0 Å². The van der Waals surface area contributed by atoms with E-state index in [9.17, 15) is 4.79 Å². The molecule has 4 nitrogen and oxygen atoms in total. The molecule has 122 valence electrons. The summed E-state index contributed by atoms with van der Waals surface area (Å²) in [5.74, 6) is 0.422. The van der Waals surface area contributed by atoms with Gasteiger partial charge in [-0.2, -0.15) is 0 Å². The molecule has 1 amide bonds. The second-order valence-corrected chi connectivity index (χ2v) is 5.69. The van der Waals surface area contributed by atoms with Gasteiger partial charge in [0.15, 0.2) is 0 Å². The fourth-order valence-corrected chi connectivity index (χ4v) is 2.41. The SMILES string of the molecule is CCCCOc1cc(C)nc(C)c1C(=O)Nc1ccccc1C. The van der Waals surface area contributed by atoms with Crippen molar-refractivity contribution in [2.75, 3.05) is 11.9 Å². The number of carbonyl (C=O) groups excluding carboxylic acids is 1. The van der Waals surface area contributed by atoms with E-state index in [4.69, 9.17) is 4.74 Å². The third kappa shape index (κ3) is 4.31. The zero-order valence-electron chi connectivity index (χ0n) is 14.3. The largest absolute Gasteiger partial charge is 0.493 e. The quantitative estimate of drug-likeness (QED) is 0.802. The lowest BCUT2D eigenvalue weighted by atomic mass is 10.1. The predicted octanol–water partition coefficient (Wildman–Crippen LogP) is 4.44. The first-order valence-corrected chi connectivity index (χ1v) is 8.01. The fraction of sp³-hybridized carbons (Fsp3) is 0.368. The molecule has 0 unspecified atom stereocenters. The Labute approximate surface area is 137 Å². The van der Waals surface area contributed by atoms with Gasteiger partial charge in [0.25, 0.3) is 5.91 Å². The number of carbonyl (C=O) groups is 1. The molecule has 1 N–H and O–H groups in total. The molecule has 0 radical (unpaired) electrons. The van der Waals surface area contributed by atoms with Crippen molar-refractivity contribution in [1.82, 2.24) is 4.98 Å². The number of aryl methyl sites for hydroxylation is 3. The van der Waals surface area contributed by atoms with Gasteiger partial charge in [0.1, 0.15) is 11.3 Å². The number of unbranched alkanes of at least 4 members (excludes halogenated alkanes) is 1. The van der Waals surface area contributed by atoms with Crippen molar-refractivity contribution in [2.45, 2.75) is 40.5 Å². The highest BCUT2D eigenvalue weighted by atomic mass is 16.5. The number of hydrogen-bond acceptors (Lipinski definition) is 3. The lowest BCUT2D eigenvalue weighted by Crippen LogP contribution is -2.17. The molecule has 2 aromatic rings. The molecule has 4 heteroatoms. The van der Waals surface area contributed by atoms with Crippen LogP contribution in [0.4, 0.5) is 5.69 Å². The number of anilines is 1. The summed E-state index contributed by atoms with van der Waals surface area (Å²) in [6.07, 6.45) is 2.01. The van der Waals surface area contributed by atoms with Crippen LogP contribution in [0.25, 0.3) is 0 Å². The normalized spacial score (nSPS) is 10.4. The van der Waals surface area contributed by atoms with E-state index in [0.717, 1.165) is 29.8 Å². The minimum absolute atomic E-state index is 0.184. The molecule has 0 aliphatic heterocycles. The van der Waals surface area contributed by atoms with Crippen molar-refractivity contribution in [1.29, 1.82) is 0 Å². The van der Waals surface area contributed by atoms with Crippen LogP contribution in [0.1, 0.15) is 47.1 Å². The Morgan fingerprint density at radius 3 is 2.65 bits per heavy atom. The number of pyridine rings is 1. The molecular formula is C19H24N2O2. The fourth-order valence-electron chi connectivity index (χ4n) is 2.41. The van der Waals surface area contributed by atoms with Crippen LogP contribution in [0.2, 0.25) is 0 Å². The zero-order valence-corrected chi connectivity index (χ0v) is 14.3. The van der Waals surface area contributed by atoms with Gasteiger partial charge in [-0.05, 0) is 38.8 Å². The van der Waals surface area contributed by atoms with Crippen molar-refractivity contribution >= 4 is 11.6 Å². The maximum atomic E-state index is 12.7. The van der Waals surface area contributed by atoms with Crippen molar-refractivity contribution < 1.29 is 9.53 Å². The highest BCUT2D eigenvalue weighted by molar-refractivity contribution is 6.07. The molecule has 2 rings (SSSR count). The molecule has 0 atom stereocenters. The summed E-state index contributed by atoms with van der Waals surface area (Å²) in [6, 6.07) is 9.54. The van der Waals surface area contributed by atoms with Crippen molar-refractivity contribution in [2.24, 2.45) is 0 Å². The number of amides is 1. The Morgan fingerprint density at radius 2 is 1.96 bits per heavy atom. The maximum Gasteiger partial charge on any atom is 0.261 e. The highest BCUT2D eigenvalue weighted by Crippen LogP contribution is 2.24. The van der Waals surface area contributed by atoms with Gasteiger partial charge >= 0.3 is 0 Å². The van der Waals surface area contributed by atoms with Crippen molar-refractivity contribution in [3.63, 3.8) is 0 Å². The van der Waals surface area contributed by atoms with Crippen LogP contribution in [0.3, 0.4) is 0 Å². The average molecular weight is 312 g/mol. The third-order valence-electron chi connectivity index (χ3n) is 3.67. The van der Waals surface area contributed by atoms with Gasteiger partial charge in [-0.1, -0.05) is 31.5 Å². The summed E-state index contributed by atoms with van der Waals surface area (Å²) in [7, 11) is 0. The topological polar surface area (TPSA) is 51.2 Å². The minimum atomic E-state index is -0.184. The van der Waals surface area contributed by atoms with Crippen LogP contribution < -0.4 is 10.1 Å². The Balaban J connectivity index is 2.29. The van der Waals surface area contributed by atoms with Crippen molar-refractivity contribution in [3.05, 3.63) is 52.8 Å². The molecule has 0 spiro atoms.